The molecule has 110 valence electrons. The summed E-state index contributed by atoms with van der Waals surface area (Å²) in [5.74, 6) is -0.129. The Labute approximate surface area is 121 Å². The molecule has 1 aromatic carbocycles. The summed E-state index contributed by atoms with van der Waals surface area (Å²) < 4.78 is 0. The molecule has 3 N–H and O–H groups in total. The van der Waals surface area contributed by atoms with Gasteiger partial charge in [-0.05, 0) is 36.5 Å². The number of anilines is 2. The first-order chi connectivity index (χ1) is 9.38. The van der Waals surface area contributed by atoms with Crippen molar-refractivity contribution in [3.63, 3.8) is 0 Å². The molecule has 1 fully saturated rings. The van der Waals surface area contributed by atoms with E-state index in [0.29, 0.717) is 0 Å². The van der Waals surface area contributed by atoms with Crippen LogP contribution < -0.4 is 16.0 Å². The van der Waals surface area contributed by atoms with E-state index in [0.717, 1.165) is 18.8 Å². The molecule has 20 heavy (non-hydrogen) atoms. The summed E-state index contributed by atoms with van der Waals surface area (Å²) in [5.41, 5.74) is 7.73. The highest BCUT2D eigenvalue weighted by molar-refractivity contribution is 5.95. The molecule has 4 nitrogen and oxygen atoms in total. The largest absolute Gasteiger partial charge is 0.371 e. The van der Waals surface area contributed by atoms with E-state index in [1.54, 1.807) is 0 Å². The smallest absolute Gasteiger partial charge is 0.241 e. The molecule has 0 radical (unpaired) electrons. The third kappa shape index (κ3) is 3.51. The fourth-order valence-electron chi connectivity index (χ4n) is 2.37. The number of carbonyl (C=O) groups excluding carboxylic acids is 1. The number of rotatable bonds is 3. The van der Waals surface area contributed by atoms with Crippen molar-refractivity contribution in [1.29, 1.82) is 0 Å². The first-order valence-corrected chi connectivity index (χ1v) is 7.29. The number of nitrogens with one attached hydrogen (secondary N) is 1. The van der Waals surface area contributed by atoms with Crippen LogP contribution in [0, 0.1) is 5.41 Å². The summed E-state index contributed by atoms with van der Waals surface area (Å²) in [4.78, 5) is 14.5. The maximum Gasteiger partial charge on any atom is 0.241 e. The molecule has 1 aromatic rings. The number of nitrogens with zero attached hydrogens (tertiary/aromatic N) is 1. The zero-order valence-corrected chi connectivity index (χ0v) is 12.6. The van der Waals surface area contributed by atoms with Crippen molar-refractivity contribution in [2.24, 2.45) is 11.1 Å². The van der Waals surface area contributed by atoms with Gasteiger partial charge >= 0.3 is 0 Å². The minimum Gasteiger partial charge on any atom is -0.371 e. The van der Waals surface area contributed by atoms with Crippen molar-refractivity contribution in [3.8, 4) is 0 Å². The summed E-state index contributed by atoms with van der Waals surface area (Å²) in [7, 11) is 0. The van der Waals surface area contributed by atoms with Crippen LogP contribution in [0.25, 0.3) is 0 Å². The van der Waals surface area contributed by atoms with E-state index in [1.165, 1.54) is 18.5 Å². The van der Waals surface area contributed by atoms with Crippen LogP contribution in [0.3, 0.4) is 0 Å². The standard InChI is InChI=1S/C16H25N3O/c1-16(2,3)14(17)15(20)18-12-7-6-8-13(11-12)19-9-4-5-10-19/h6-8,11,14H,4-5,9-10,17H2,1-3H3,(H,18,20). The van der Waals surface area contributed by atoms with Crippen LogP contribution >= 0.6 is 0 Å². The number of nitrogens with two attached hydrogens (primary N) is 1. The molecule has 1 aliphatic rings. The number of benzene rings is 1. The highest BCUT2D eigenvalue weighted by Gasteiger charge is 2.27. The van der Waals surface area contributed by atoms with Crippen molar-refractivity contribution in [2.45, 2.75) is 39.7 Å². The monoisotopic (exact) mass is 275 g/mol. The van der Waals surface area contributed by atoms with Crippen molar-refractivity contribution < 1.29 is 4.79 Å². The fourth-order valence-corrected chi connectivity index (χ4v) is 2.37. The number of amides is 1. The Balaban J connectivity index is 2.06. The molecule has 0 aliphatic carbocycles. The van der Waals surface area contributed by atoms with E-state index >= 15 is 0 Å². The fraction of sp³-hybridized carbons (Fsp3) is 0.562. The van der Waals surface area contributed by atoms with Gasteiger partial charge in [-0.3, -0.25) is 4.79 Å². The maximum absolute atomic E-state index is 12.1. The highest BCUT2D eigenvalue weighted by atomic mass is 16.2. The van der Waals surface area contributed by atoms with Gasteiger partial charge in [0.15, 0.2) is 0 Å². The lowest BCUT2D eigenvalue weighted by molar-refractivity contribution is -0.119. The number of carbonyl (C=O) groups is 1. The average Bonchev–Trinajstić information content (AvgIpc) is 2.91. The van der Waals surface area contributed by atoms with Gasteiger partial charge in [0.25, 0.3) is 0 Å². The maximum atomic E-state index is 12.1. The minimum absolute atomic E-state index is 0.129. The van der Waals surface area contributed by atoms with Crippen LogP contribution in [0.15, 0.2) is 24.3 Å². The van der Waals surface area contributed by atoms with Crippen molar-refractivity contribution in [3.05, 3.63) is 24.3 Å². The molecular weight excluding hydrogens is 250 g/mol. The third-order valence-electron chi connectivity index (χ3n) is 3.80. The van der Waals surface area contributed by atoms with E-state index in [-0.39, 0.29) is 11.3 Å². The van der Waals surface area contributed by atoms with Crippen LogP contribution in [0.2, 0.25) is 0 Å². The van der Waals surface area contributed by atoms with Gasteiger partial charge in [0.1, 0.15) is 0 Å². The normalized spacial score (nSPS) is 17.1. The highest BCUT2D eigenvalue weighted by Crippen LogP contribution is 2.24. The summed E-state index contributed by atoms with van der Waals surface area (Å²) >= 11 is 0. The second-order valence-electron chi connectivity index (χ2n) is 6.58. The molecule has 0 spiro atoms. The second kappa shape index (κ2) is 5.83. The van der Waals surface area contributed by atoms with Crippen LogP contribution in [0.4, 0.5) is 11.4 Å². The molecule has 0 aromatic heterocycles. The lowest BCUT2D eigenvalue weighted by Crippen LogP contribution is -2.45. The van der Waals surface area contributed by atoms with E-state index in [1.807, 2.05) is 39.0 Å². The van der Waals surface area contributed by atoms with Gasteiger partial charge in [0.2, 0.25) is 5.91 Å². The van der Waals surface area contributed by atoms with Crippen LogP contribution in [-0.2, 0) is 4.79 Å². The van der Waals surface area contributed by atoms with Crippen molar-refractivity contribution in [2.75, 3.05) is 23.3 Å². The van der Waals surface area contributed by atoms with Crippen LogP contribution in [0.1, 0.15) is 33.6 Å². The summed E-state index contributed by atoms with van der Waals surface area (Å²) in [6, 6.07) is 7.49. The van der Waals surface area contributed by atoms with Gasteiger partial charge in [-0.15, -0.1) is 0 Å². The van der Waals surface area contributed by atoms with E-state index < -0.39 is 6.04 Å². The molecule has 1 unspecified atom stereocenters. The van der Waals surface area contributed by atoms with Gasteiger partial charge in [0.05, 0.1) is 6.04 Å². The van der Waals surface area contributed by atoms with Gasteiger partial charge in [0, 0.05) is 24.5 Å². The first kappa shape index (κ1) is 14.9. The Morgan fingerprint density at radius 2 is 1.95 bits per heavy atom. The van der Waals surface area contributed by atoms with Gasteiger partial charge in [-0.1, -0.05) is 26.8 Å². The van der Waals surface area contributed by atoms with E-state index in [4.69, 9.17) is 5.73 Å². The van der Waals surface area contributed by atoms with Crippen molar-refractivity contribution >= 4 is 17.3 Å². The molecule has 1 saturated heterocycles. The van der Waals surface area contributed by atoms with Gasteiger partial charge in [-0.25, -0.2) is 0 Å². The first-order valence-electron chi connectivity index (χ1n) is 7.29. The minimum atomic E-state index is -0.516. The predicted octanol–water partition coefficient (Wildman–Crippen LogP) is 2.60. The lowest BCUT2D eigenvalue weighted by Gasteiger charge is -2.26. The molecule has 1 heterocycles. The van der Waals surface area contributed by atoms with Crippen LogP contribution in [-0.4, -0.2) is 25.0 Å². The molecule has 0 bridgehead atoms. The number of hydrogen-bond acceptors (Lipinski definition) is 3. The molecule has 1 atom stereocenters. The van der Waals surface area contributed by atoms with Gasteiger partial charge in [-0.2, -0.15) is 0 Å². The Morgan fingerprint density at radius 3 is 2.55 bits per heavy atom. The molecule has 4 heteroatoms. The third-order valence-corrected chi connectivity index (χ3v) is 3.80. The average molecular weight is 275 g/mol. The predicted molar refractivity (Wildman–Crippen MR) is 83.9 cm³/mol. The molecular formula is C16H25N3O. The Bertz CT molecular complexity index is 473. The van der Waals surface area contributed by atoms with Crippen LogP contribution in [0.5, 0.6) is 0 Å². The van der Waals surface area contributed by atoms with Crippen molar-refractivity contribution in [1.82, 2.24) is 0 Å². The van der Waals surface area contributed by atoms with E-state index in [9.17, 15) is 4.79 Å². The molecule has 0 saturated carbocycles. The van der Waals surface area contributed by atoms with E-state index in [2.05, 4.69) is 16.3 Å². The Hall–Kier alpha value is -1.55. The Kier molecular flexibility index (Phi) is 4.33. The number of hydrogen-bond donors (Lipinski definition) is 2. The second-order valence-corrected chi connectivity index (χ2v) is 6.58. The summed E-state index contributed by atoms with van der Waals surface area (Å²) in [6.45, 7) is 8.10. The summed E-state index contributed by atoms with van der Waals surface area (Å²) in [5, 5.41) is 2.92. The summed E-state index contributed by atoms with van der Waals surface area (Å²) in [6.07, 6.45) is 2.48. The molecule has 1 aliphatic heterocycles. The molecule has 1 amide bonds. The quantitative estimate of drug-likeness (QED) is 0.891. The zero-order chi connectivity index (χ0) is 14.8. The SMILES string of the molecule is CC(C)(C)C(N)C(=O)Nc1cccc(N2CCCC2)c1. The van der Waals surface area contributed by atoms with Gasteiger partial charge < -0.3 is 16.0 Å². The molecule has 2 rings (SSSR count). The Morgan fingerprint density at radius 1 is 1.30 bits per heavy atom. The zero-order valence-electron chi connectivity index (χ0n) is 12.6. The lowest BCUT2D eigenvalue weighted by atomic mass is 9.87. The topological polar surface area (TPSA) is 58.4 Å².